The first-order valence-corrected chi connectivity index (χ1v) is 10.8. The number of carbonyl (C=O) groups is 1. The molecule has 1 aromatic heterocycles. The molecule has 166 valence electrons. The van der Waals surface area contributed by atoms with Crippen LogP contribution in [0.25, 0.3) is 0 Å². The molecule has 0 bridgehead atoms. The molecule has 2 aliphatic rings. The summed E-state index contributed by atoms with van der Waals surface area (Å²) >= 11 is 12.2. The van der Waals surface area contributed by atoms with Crippen LogP contribution in [0.15, 0.2) is 24.5 Å². The lowest BCUT2D eigenvalue weighted by molar-refractivity contribution is -0.0526. The van der Waals surface area contributed by atoms with E-state index in [1.54, 1.807) is 0 Å². The van der Waals surface area contributed by atoms with Crippen LogP contribution < -0.4 is 20.1 Å². The minimum Gasteiger partial charge on any atom is -0.482 e. The molecule has 1 saturated carbocycles. The van der Waals surface area contributed by atoms with E-state index in [9.17, 15) is 13.6 Å². The van der Waals surface area contributed by atoms with Crippen LogP contribution >= 0.6 is 23.2 Å². The maximum Gasteiger partial charge on any atom is 0.387 e. The van der Waals surface area contributed by atoms with Crippen molar-refractivity contribution in [3.63, 3.8) is 0 Å². The highest BCUT2D eigenvalue weighted by atomic mass is 35.5. The number of rotatable bonds is 5. The number of carbonyl (C=O) groups excluding carboxylic acids is 1. The highest BCUT2D eigenvalue weighted by Gasteiger charge is 2.33. The average molecular weight is 472 g/mol. The van der Waals surface area contributed by atoms with E-state index in [0.29, 0.717) is 18.2 Å². The standard InChI is InChI=1S/C21H21Cl2F2N3O3/c22-13-8-26-9-14(23)18(13)28-20(29)12-6-7-15(31-21(24)25)19-17(12)27-10-16(30-19)11-4-2-1-3-5-11/h6-9,11,16,21,27H,1-5,10H2,(H,26,28,29)/t16-/m0/s1. The van der Waals surface area contributed by atoms with Crippen LogP contribution in [0, 0.1) is 5.92 Å². The molecule has 31 heavy (non-hydrogen) atoms. The molecule has 6 nitrogen and oxygen atoms in total. The zero-order chi connectivity index (χ0) is 22.0. The van der Waals surface area contributed by atoms with Crippen molar-refractivity contribution in [2.24, 2.45) is 5.92 Å². The summed E-state index contributed by atoms with van der Waals surface area (Å²) in [6.07, 6.45) is 7.99. The smallest absolute Gasteiger partial charge is 0.387 e. The quantitative estimate of drug-likeness (QED) is 0.559. The second-order valence-electron chi connectivity index (χ2n) is 7.56. The Morgan fingerprint density at radius 2 is 1.90 bits per heavy atom. The van der Waals surface area contributed by atoms with E-state index in [4.69, 9.17) is 27.9 Å². The minimum absolute atomic E-state index is 0.113. The molecule has 1 aliphatic carbocycles. The lowest BCUT2D eigenvalue weighted by Gasteiger charge is -2.36. The summed E-state index contributed by atoms with van der Waals surface area (Å²) in [5.74, 6) is -0.209. The first kappa shape index (κ1) is 21.9. The maximum absolute atomic E-state index is 13.0. The first-order valence-electron chi connectivity index (χ1n) is 10.1. The molecule has 1 aromatic carbocycles. The van der Waals surface area contributed by atoms with Crippen LogP contribution in [0.2, 0.25) is 10.0 Å². The molecule has 1 aliphatic heterocycles. The molecule has 0 unspecified atom stereocenters. The molecule has 1 amide bonds. The lowest BCUT2D eigenvalue weighted by Crippen LogP contribution is -2.39. The number of nitrogens with one attached hydrogen (secondary N) is 2. The molecule has 10 heteroatoms. The van der Waals surface area contributed by atoms with Gasteiger partial charge in [-0.25, -0.2) is 0 Å². The summed E-state index contributed by atoms with van der Waals surface area (Å²) in [7, 11) is 0. The molecule has 2 aromatic rings. The van der Waals surface area contributed by atoms with E-state index in [1.807, 2.05) is 0 Å². The van der Waals surface area contributed by atoms with E-state index in [0.717, 1.165) is 25.7 Å². The summed E-state index contributed by atoms with van der Waals surface area (Å²) in [6, 6.07) is 2.70. The van der Waals surface area contributed by atoms with Gasteiger partial charge in [0, 0.05) is 12.4 Å². The summed E-state index contributed by atoms with van der Waals surface area (Å²) < 4.78 is 36.7. The Labute approximate surface area is 188 Å². The number of anilines is 2. The topological polar surface area (TPSA) is 72.5 Å². The third kappa shape index (κ3) is 4.80. The Kier molecular flexibility index (Phi) is 6.67. The van der Waals surface area contributed by atoms with Crippen LogP contribution in [0.4, 0.5) is 20.2 Å². The molecule has 0 spiro atoms. The van der Waals surface area contributed by atoms with E-state index >= 15 is 0 Å². The fraction of sp³-hybridized carbons (Fsp3) is 0.429. The molecule has 1 fully saturated rings. The van der Waals surface area contributed by atoms with Crippen molar-refractivity contribution in [3.8, 4) is 11.5 Å². The average Bonchev–Trinajstić information content (AvgIpc) is 2.76. The number of amides is 1. The molecular weight excluding hydrogens is 451 g/mol. The van der Waals surface area contributed by atoms with Gasteiger partial charge in [0.25, 0.3) is 5.91 Å². The number of hydrogen-bond donors (Lipinski definition) is 2. The number of fused-ring (bicyclic) bond motifs is 1. The summed E-state index contributed by atoms with van der Waals surface area (Å²) in [4.78, 5) is 16.8. The van der Waals surface area contributed by atoms with Crippen molar-refractivity contribution in [2.75, 3.05) is 17.2 Å². The van der Waals surface area contributed by atoms with Crippen molar-refractivity contribution < 1.29 is 23.0 Å². The van der Waals surface area contributed by atoms with E-state index < -0.39 is 12.5 Å². The van der Waals surface area contributed by atoms with Gasteiger partial charge in [-0.2, -0.15) is 8.78 Å². The predicted octanol–water partition coefficient (Wildman–Crippen LogP) is 6.00. The fourth-order valence-electron chi connectivity index (χ4n) is 4.11. The molecule has 4 rings (SSSR count). The van der Waals surface area contributed by atoms with Crippen LogP contribution in [-0.4, -0.2) is 30.2 Å². The zero-order valence-electron chi connectivity index (χ0n) is 16.5. The lowest BCUT2D eigenvalue weighted by atomic mass is 9.84. The normalized spacial score (nSPS) is 18.7. The molecular formula is C21H21Cl2F2N3O3. The number of hydrogen-bond acceptors (Lipinski definition) is 5. The van der Waals surface area contributed by atoms with Crippen molar-refractivity contribution in [1.82, 2.24) is 4.98 Å². The van der Waals surface area contributed by atoms with Gasteiger partial charge in [0.2, 0.25) is 0 Å². The van der Waals surface area contributed by atoms with Gasteiger partial charge in [-0.15, -0.1) is 0 Å². The number of aromatic nitrogens is 1. The monoisotopic (exact) mass is 471 g/mol. The van der Waals surface area contributed by atoms with Gasteiger partial charge in [0.1, 0.15) is 6.10 Å². The van der Waals surface area contributed by atoms with E-state index in [1.165, 1.54) is 30.9 Å². The van der Waals surface area contributed by atoms with Gasteiger partial charge >= 0.3 is 6.61 Å². The van der Waals surface area contributed by atoms with Gasteiger partial charge in [-0.3, -0.25) is 9.78 Å². The Bertz CT molecular complexity index is 951. The van der Waals surface area contributed by atoms with Crippen LogP contribution in [0.3, 0.4) is 0 Å². The van der Waals surface area contributed by atoms with Crippen LogP contribution in [0.5, 0.6) is 11.5 Å². The minimum atomic E-state index is -3.02. The number of halogens is 4. The van der Waals surface area contributed by atoms with Crippen molar-refractivity contribution in [2.45, 2.75) is 44.8 Å². The van der Waals surface area contributed by atoms with Gasteiger partial charge in [0.15, 0.2) is 11.5 Å². The van der Waals surface area contributed by atoms with Gasteiger partial charge < -0.3 is 20.1 Å². The largest absolute Gasteiger partial charge is 0.482 e. The molecule has 2 heterocycles. The van der Waals surface area contributed by atoms with Gasteiger partial charge in [-0.05, 0) is 30.9 Å². The first-order chi connectivity index (χ1) is 14.9. The number of nitrogens with zero attached hydrogens (tertiary/aromatic N) is 1. The molecule has 2 N–H and O–H groups in total. The second-order valence-corrected chi connectivity index (χ2v) is 8.38. The second kappa shape index (κ2) is 9.44. The van der Waals surface area contributed by atoms with Crippen molar-refractivity contribution >= 4 is 40.5 Å². The molecule has 0 saturated heterocycles. The van der Waals surface area contributed by atoms with Crippen molar-refractivity contribution in [3.05, 3.63) is 40.1 Å². The number of ether oxygens (including phenoxy) is 2. The Morgan fingerprint density at radius 1 is 1.19 bits per heavy atom. The van der Waals surface area contributed by atoms with Gasteiger partial charge in [0.05, 0.1) is 33.5 Å². The Balaban J connectivity index is 1.65. The van der Waals surface area contributed by atoms with E-state index in [-0.39, 0.29) is 38.9 Å². The Hall–Kier alpha value is -2.32. The zero-order valence-corrected chi connectivity index (χ0v) is 18.0. The number of alkyl halides is 2. The van der Waals surface area contributed by atoms with Gasteiger partial charge in [-0.1, -0.05) is 42.5 Å². The van der Waals surface area contributed by atoms with Crippen LogP contribution in [0.1, 0.15) is 42.5 Å². The van der Waals surface area contributed by atoms with Crippen molar-refractivity contribution in [1.29, 1.82) is 0 Å². The fourth-order valence-corrected chi connectivity index (χ4v) is 4.57. The third-order valence-corrected chi connectivity index (χ3v) is 6.17. The highest BCUT2D eigenvalue weighted by molar-refractivity contribution is 6.39. The predicted molar refractivity (Wildman–Crippen MR) is 115 cm³/mol. The SMILES string of the molecule is O=C(Nc1c(Cl)cncc1Cl)c1ccc(OC(F)F)c2c1NC[C@@H](C1CCCCC1)O2. The van der Waals surface area contributed by atoms with Crippen LogP contribution in [-0.2, 0) is 0 Å². The number of benzene rings is 1. The molecule has 1 atom stereocenters. The highest BCUT2D eigenvalue weighted by Crippen LogP contribution is 2.44. The summed E-state index contributed by atoms with van der Waals surface area (Å²) in [5.41, 5.74) is 0.702. The third-order valence-electron chi connectivity index (χ3n) is 5.60. The number of pyridine rings is 1. The molecule has 0 radical (unpaired) electrons. The summed E-state index contributed by atoms with van der Waals surface area (Å²) in [5, 5.41) is 6.20. The Morgan fingerprint density at radius 3 is 2.58 bits per heavy atom. The summed E-state index contributed by atoms with van der Waals surface area (Å²) in [6.45, 7) is -2.55. The van der Waals surface area contributed by atoms with E-state index in [2.05, 4.69) is 20.4 Å². The maximum atomic E-state index is 13.0.